The Labute approximate surface area is 185 Å². The van der Waals surface area contributed by atoms with Crippen LogP contribution < -0.4 is 24.2 Å². The van der Waals surface area contributed by atoms with Gasteiger partial charge in [-0.2, -0.15) is 0 Å². The third-order valence-corrected chi connectivity index (χ3v) is 6.09. The van der Waals surface area contributed by atoms with Gasteiger partial charge in [-0.3, -0.25) is 14.5 Å². The van der Waals surface area contributed by atoms with Gasteiger partial charge < -0.3 is 19.5 Å². The predicted octanol–water partition coefficient (Wildman–Crippen LogP) is 2.59. The van der Waals surface area contributed by atoms with E-state index in [1.54, 1.807) is 19.2 Å². The van der Waals surface area contributed by atoms with Crippen LogP contribution in [0.25, 0.3) is 0 Å². The van der Waals surface area contributed by atoms with Gasteiger partial charge in [-0.25, -0.2) is 8.42 Å². The van der Waals surface area contributed by atoms with Gasteiger partial charge in [0, 0.05) is 24.4 Å². The van der Waals surface area contributed by atoms with Crippen molar-refractivity contribution in [3.05, 3.63) is 72.1 Å². The molecule has 0 unspecified atom stereocenters. The monoisotopic (exact) mass is 455 g/mol. The highest BCUT2D eigenvalue weighted by atomic mass is 32.2. The summed E-state index contributed by atoms with van der Waals surface area (Å²) in [5, 5.41) is 2.78. The number of fused-ring (bicyclic) bond motifs is 1. The molecule has 2 aromatic carbocycles. The number of anilines is 1. The van der Waals surface area contributed by atoms with Crippen molar-refractivity contribution < 1.29 is 27.4 Å². The summed E-state index contributed by atoms with van der Waals surface area (Å²) in [4.78, 5) is 16.6. The number of pyridine rings is 1. The lowest BCUT2D eigenvalue weighted by Crippen LogP contribution is -2.23. The first-order valence-corrected chi connectivity index (χ1v) is 11.2. The molecule has 32 heavy (non-hydrogen) atoms. The fourth-order valence-electron chi connectivity index (χ4n) is 3.15. The number of ether oxygens (including phenoxy) is 3. The molecule has 0 spiro atoms. The average molecular weight is 455 g/mol. The van der Waals surface area contributed by atoms with Gasteiger partial charge in [0.2, 0.25) is 0 Å². The van der Waals surface area contributed by atoms with Crippen molar-refractivity contribution in [2.45, 2.75) is 11.4 Å². The van der Waals surface area contributed by atoms with Crippen molar-refractivity contribution in [3.8, 4) is 17.2 Å². The fourth-order valence-corrected chi connectivity index (χ4v) is 4.20. The standard InChI is InChI=1S/C22H21N3O6S/c1-29-19-5-3-2-4-15(19)13-24-22(26)16-10-17(14-23-12-16)25-32(27,28)18-6-7-20-21(11-18)31-9-8-30-20/h2-7,10-12,14,25H,8-9,13H2,1H3,(H,24,26). The van der Waals surface area contributed by atoms with Crippen molar-refractivity contribution in [1.82, 2.24) is 10.3 Å². The number of amides is 1. The Morgan fingerprint density at radius 1 is 1.06 bits per heavy atom. The first kappa shape index (κ1) is 21.4. The number of carbonyl (C=O) groups is 1. The van der Waals surface area contributed by atoms with E-state index >= 15 is 0 Å². The summed E-state index contributed by atoms with van der Waals surface area (Å²) in [5.41, 5.74) is 1.18. The Bertz CT molecular complexity index is 1250. The number of aromatic nitrogens is 1. The molecule has 4 rings (SSSR count). The van der Waals surface area contributed by atoms with Crippen molar-refractivity contribution >= 4 is 21.6 Å². The van der Waals surface area contributed by atoms with Gasteiger partial charge in [0.25, 0.3) is 15.9 Å². The van der Waals surface area contributed by atoms with Crippen LogP contribution in [0.5, 0.6) is 17.2 Å². The zero-order valence-electron chi connectivity index (χ0n) is 17.2. The average Bonchev–Trinajstić information content (AvgIpc) is 2.82. The van der Waals surface area contributed by atoms with Crippen molar-refractivity contribution in [2.24, 2.45) is 0 Å². The molecule has 1 amide bonds. The number of carbonyl (C=O) groups excluding carboxylic acids is 1. The minimum Gasteiger partial charge on any atom is -0.496 e. The van der Waals surface area contributed by atoms with Gasteiger partial charge in [-0.1, -0.05) is 18.2 Å². The topological polar surface area (TPSA) is 116 Å². The first-order chi connectivity index (χ1) is 15.5. The molecule has 0 atom stereocenters. The molecule has 2 N–H and O–H groups in total. The third-order valence-electron chi connectivity index (χ3n) is 4.71. The van der Waals surface area contributed by atoms with E-state index < -0.39 is 15.9 Å². The summed E-state index contributed by atoms with van der Waals surface area (Å²) in [5.74, 6) is 1.11. The number of nitrogens with zero attached hydrogens (tertiary/aromatic N) is 1. The summed E-state index contributed by atoms with van der Waals surface area (Å²) < 4.78 is 44.2. The molecule has 0 saturated heterocycles. The highest BCUT2D eigenvalue weighted by Crippen LogP contribution is 2.32. The molecule has 0 bridgehead atoms. The molecule has 9 nitrogen and oxygen atoms in total. The van der Waals surface area contributed by atoms with Crippen LogP contribution in [0.15, 0.2) is 65.8 Å². The Morgan fingerprint density at radius 3 is 2.66 bits per heavy atom. The van der Waals surface area contributed by atoms with Crippen LogP contribution in [0.3, 0.4) is 0 Å². The smallest absolute Gasteiger partial charge is 0.262 e. The van der Waals surface area contributed by atoms with Crippen LogP contribution >= 0.6 is 0 Å². The maximum Gasteiger partial charge on any atom is 0.262 e. The molecule has 3 aromatic rings. The molecular weight excluding hydrogens is 434 g/mol. The SMILES string of the molecule is COc1ccccc1CNC(=O)c1cncc(NS(=O)(=O)c2ccc3c(c2)OCCO3)c1. The Balaban J connectivity index is 1.47. The number of hydrogen-bond donors (Lipinski definition) is 2. The molecule has 0 saturated carbocycles. The van der Waals surface area contributed by atoms with Gasteiger partial charge in [0.1, 0.15) is 19.0 Å². The number of rotatable bonds is 7. The molecular formula is C22H21N3O6S. The lowest BCUT2D eigenvalue weighted by Gasteiger charge is -2.19. The van der Waals surface area contributed by atoms with Gasteiger partial charge in [0.15, 0.2) is 11.5 Å². The number of benzene rings is 2. The zero-order valence-corrected chi connectivity index (χ0v) is 18.0. The van der Waals surface area contributed by atoms with Crippen LogP contribution in [0.2, 0.25) is 0 Å². The van der Waals surface area contributed by atoms with E-state index in [0.29, 0.717) is 30.5 Å². The second kappa shape index (κ2) is 9.15. The van der Waals surface area contributed by atoms with Gasteiger partial charge in [-0.05, 0) is 24.3 Å². The number of nitrogens with one attached hydrogen (secondary N) is 2. The third kappa shape index (κ3) is 4.75. The Morgan fingerprint density at radius 2 is 1.84 bits per heavy atom. The van der Waals surface area contributed by atoms with Crippen LogP contribution in [-0.4, -0.2) is 39.6 Å². The number of hydrogen-bond acceptors (Lipinski definition) is 7. The van der Waals surface area contributed by atoms with E-state index in [0.717, 1.165) is 5.56 Å². The van der Waals surface area contributed by atoms with Crippen molar-refractivity contribution in [3.63, 3.8) is 0 Å². The van der Waals surface area contributed by atoms with Crippen LogP contribution in [0.1, 0.15) is 15.9 Å². The molecule has 1 aliphatic heterocycles. The maximum absolute atomic E-state index is 12.8. The minimum atomic E-state index is -3.93. The van der Waals surface area contributed by atoms with Crippen molar-refractivity contribution in [2.75, 3.05) is 25.0 Å². The maximum atomic E-state index is 12.8. The van der Waals surface area contributed by atoms with E-state index in [1.165, 1.54) is 30.6 Å². The van der Waals surface area contributed by atoms with E-state index in [-0.39, 0.29) is 22.7 Å². The van der Waals surface area contributed by atoms with Crippen LogP contribution in [-0.2, 0) is 16.6 Å². The summed E-state index contributed by atoms with van der Waals surface area (Å²) in [6.45, 7) is 1.00. The van der Waals surface area contributed by atoms with Gasteiger partial charge in [-0.15, -0.1) is 0 Å². The largest absolute Gasteiger partial charge is 0.496 e. The fraction of sp³-hybridized carbons (Fsp3) is 0.182. The molecule has 0 radical (unpaired) electrons. The quantitative estimate of drug-likeness (QED) is 0.563. The van der Waals surface area contributed by atoms with Crippen molar-refractivity contribution in [1.29, 1.82) is 0 Å². The second-order valence-corrected chi connectivity index (χ2v) is 8.55. The minimum absolute atomic E-state index is 0.00720. The Kier molecular flexibility index (Phi) is 6.13. The summed E-state index contributed by atoms with van der Waals surface area (Å²) >= 11 is 0. The normalized spacial score (nSPS) is 12.7. The van der Waals surface area contributed by atoms with Gasteiger partial charge in [0.05, 0.1) is 29.5 Å². The highest BCUT2D eigenvalue weighted by molar-refractivity contribution is 7.92. The van der Waals surface area contributed by atoms with Crippen LogP contribution in [0.4, 0.5) is 5.69 Å². The van der Waals surface area contributed by atoms with E-state index in [4.69, 9.17) is 14.2 Å². The van der Waals surface area contributed by atoms with Crippen LogP contribution in [0, 0.1) is 0 Å². The molecule has 166 valence electrons. The molecule has 10 heteroatoms. The van der Waals surface area contributed by atoms with Gasteiger partial charge >= 0.3 is 0 Å². The number of para-hydroxylation sites is 1. The molecule has 0 fully saturated rings. The first-order valence-electron chi connectivity index (χ1n) is 9.74. The second-order valence-electron chi connectivity index (χ2n) is 6.87. The van der Waals surface area contributed by atoms with E-state index in [9.17, 15) is 13.2 Å². The Hall–Kier alpha value is -3.79. The molecule has 1 aliphatic rings. The molecule has 1 aromatic heterocycles. The summed E-state index contributed by atoms with van der Waals surface area (Å²) in [6.07, 6.45) is 2.69. The van der Waals surface area contributed by atoms with E-state index in [2.05, 4.69) is 15.0 Å². The summed E-state index contributed by atoms with van der Waals surface area (Å²) in [7, 11) is -2.37. The molecule has 0 aliphatic carbocycles. The predicted molar refractivity (Wildman–Crippen MR) is 117 cm³/mol. The zero-order chi connectivity index (χ0) is 22.6. The highest BCUT2D eigenvalue weighted by Gasteiger charge is 2.20. The lowest BCUT2D eigenvalue weighted by atomic mass is 10.2. The molecule has 2 heterocycles. The van der Waals surface area contributed by atoms with E-state index in [1.807, 2.05) is 18.2 Å². The summed E-state index contributed by atoms with van der Waals surface area (Å²) in [6, 6.07) is 13.1. The lowest BCUT2D eigenvalue weighted by molar-refractivity contribution is 0.0950. The number of sulfonamides is 1. The number of methoxy groups -OCH3 is 1.